The number of rotatable bonds is 6. The second-order valence-corrected chi connectivity index (χ2v) is 6.53. The Kier molecular flexibility index (Phi) is 5.46. The molecule has 2 aromatic rings. The van der Waals surface area contributed by atoms with Gasteiger partial charge in [-0.1, -0.05) is 80.6 Å². The Balaban J connectivity index is 1.75. The molecule has 2 heteroatoms. The highest BCUT2D eigenvalue weighted by molar-refractivity contribution is 5.88. The number of hydrogen-bond acceptors (Lipinski definition) is 2. The number of hydrogen-bond donors (Lipinski definition) is 1. The number of Topliss-reactive ketones (excluding diaryl/α,β-unsaturated/α-hetero) is 1. The van der Waals surface area contributed by atoms with E-state index in [0.717, 1.165) is 11.3 Å². The van der Waals surface area contributed by atoms with Crippen LogP contribution in [-0.2, 0) is 4.79 Å². The van der Waals surface area contributed by atoms with Crippen molar-refractivity contribution in [3.8, 4) is 0 Å². The van der Waals surface area contributed by atoms with Crippen molar-refractivity contribution in [1.82, 2.24) is 0 Å². The van der Waals surface area contributed by atoms with Crippen LogP contribution in [-0.4, -0.2) is 5.78 Å². The van der Waals surface area contributed by atoms with Gasteiger partial charge in [0.2, 0.25) is 0 Å². The van der Waals surface area contributed by atoms with Gasteiger partial charge in [0.25, 0.3) is 0 Å². The average Bonchev–Trinajstić information content (AvgIpc) is 2.62. The van der Waals surface area contributed by atoms with Gasteiger partial charge in [0, 0.05) is 12.1 Å². The van der Waals surface area contributed by atoms with E-state index in [1.165, 1.54) is 32.1 Å². The number of ketones is 1. The van der Waals surface area contributed by atoms with Crippen molar-refractivity contribution in [1.29, 1.82) is 0 Å². The lowest BCUT2D eigenvalue weighted by Crippen LogP contribution is -2.24. The molecule has 0 saturated heterocycles. The monoisotopic (exact) mass is 307 g/mol. The van der Waals surface area contributed by atoms with Crippen LogP contribution < -0.4 is 5.32 Å². The van der Waals surface area contributed by atoms with E-state index in [1.807, 2.05) is 60.7 Å². The fourth-order valence-corrected chi connectivity index (χ4v) is 3.49. The number of para-hydroxylation sites is 1. The van der Waals surface area contributed by atoms with Crippen LogP contribution in [0.4, 0.5) is 5.69 Å². The van der Waals surface area contributed by atoms with Crippen molar-refractivity contribution < 1.29 is 4.79 Å². The summed E-state index contributed by atoms with van der Waals surface area (Å²) in [7, 11) is 0. The van der Waals surface area contributed by atoms with Gasteiger partial charge in [0.05, 0.1) is 0 Å². The molecule has 0 spiro atoms. The summed E-state index contributed by atoms with van der Waals surface area (Å²) in [5.74, 6) is 0.881. The molecule has 2 nitrogen and oxygen atoms in total. The van der Waals surface area contributed by atoms with Gasteiger partial charge >= 0.3 is 0 Å². The van der Waals surface area contributed by atoms with Crippen LogP contribution in [0.3, 0.4) is 0 Å². The number of carbonyl (C=O) groups is 1. The van der Waals surface area contributed by atoms with E-state index < -0.39 is 0 Å². The smallest absolute Gasteiger partial charge is 0.159 e. The van der Waals surface area contributed by atoms with E-state index in [2.05, 4.69) is 5.32 Å². The molecular weight excluding hydrogens is 282 g/mol. The Morgan fingerprint density at radius 2 is 1.52 bits per heavy atom. The summed E-state index contributed by atoms with van der Waals surface area (Å²) >= 11 is 0. The molecule has 1 atom stereocenters. The van der Waals surface area contributed by atoms with E-state index in [0.29, 0.717) is 18.1 Å². The third kappa shape index (κ3) is 4.44. The minimum absolute atomic E-state index is 0.250. The molecule has 1 fully saturated rings. The fraction of sp³-hybridized carbons (Fsp3) is 0.381. The Morgan fingerprint density at radius 1 is 0.913 bits per heavy atom. The first kappa shape index (κ1) is 15.8. The lowest BCUT2D eigenvalue weighted by molar-refractivity contribution is -0.121. The molecule has 23 heavy (non-hydrogen) atoms. The number of carbonyl (C=O) groups excluding carboxylic acids is 1. The molecule has 1 unspecified atom stereocenters. The topological polar surface area (TPSA) is 29.1 Å². The molecule has 3 rings (SSSR count). The highest BCUT2D eigenvalue weighted by atomic mass is 16.1. The summed E-state index contributed by atoms with van der Waals surface area (Å²) in [4.78, 5) is 13.0. The maximum absolute atomic E-state index is 13.0. The Morgan fingerprint density at radius 3 is 2.17 bits per heavy atom. The molecular formula is C21H25NO. The molecule has 0 aromatic heterocycles. The summed E-state index contributed by atoms with van der Waals surface area (Å²) < 4.78 is 0. The van der Waals surface area contributed by atoms with Crippen LogP contribution in [0.1, 0.15) is 50.1 Å². The molecule has 1 aliphatic rings. The van der Waals surface area contributed by atoms with Gasteiger partial charge in [-0.15, -0.1) is 0 Å². The van der Waals surface area contributed by atoms with Gasteiger partial charge in [-0.25, -0.2) is 0 Å². The largest absolute Gasteiger partial charge is 0.372 e. The normalized spacial score (nSPS) is 16.7. The third-order valence-corrected chi connectivity index (χ3v) is 4.75. The van der Waals surface area contributed by atoms with Gasteiger partial charge < -0.3 is 5.32 Å². The van der Waals surface area contributed by atoms with E-state index in [1.54, 1.807) is 0 Å². The van der Waals surface area contributed by atoms with Crippen LogP contribution in [0, 0.1) is 5.92 Å². The molecule has 0 heterocycles. The number of benzene rings is 2. The van der Waals surface area contributed by atoms with Crippen molar-refractivity contribution in [2.75, 3.05) is 5.32 Å². The first-order valence-corrected chi connectivity index (χ1v) is 8.72. The van der Waals surface area contributed by atoms with Gasteiger partial charge in [0.15, 0.2) is 5.78 Å². The lowest BCUT2D eigenvalue weighted by Gasteiger charge is -2.25. The Hall–Kier alpha value is -2.09. The summed E-state index contributed by atoms with van der Waals surface area (Å²) in [5.41, 5.74) is 2.05. The Labute approximate surface area is 138 Å². The van der Waals surface area contributed by atoms with Crippen LogP contribution >= 0.6 is 0 Å². The van der Waals surface area contributed by atoms with Gasteiger partial charge in [-0.05, 0) is 23.6 Å². The van der Waals surface area contributed by atoms with Crippen LogP contribution in [0.5, 0.6) is 0 Å². The molecule has 0 bridgehead atoms. The zero-order valence-electron chi connectivity index (χ0n) is 13.6. The molecule has 120 valence electrons. The summed E-state index contributed by atoms with van der Waals surface area (Å²) in [6, 6.07) is 19.9. The number of anilines is 1. The van der Waals surface area contributed by atoms with Gasteiger partial charge in [-0.2, -0.15) is 0 Å². The van der Waals surface area contributed by atoms with Crippen molar-refractivity contribution in [2.24, 2.45) is 5.92 Å². The summed E-state index contributed by atoms with van der Waals surface area (Å²) in [6.45, 7) is 0. The fourth-order valence-electron chi connectivity index (χ4n) is 3.49. The maximum Gasteiger partial charge on any atom is 0.159 e. The van der Waals surface area contributed by atoms with E-state index >= 15 is 0 Å². The first-order valence-electron chi connectivity index (χ1n) is 8.72. The number of nitrogens with one attached hydrogen (secondary N) is 1. The minimum atomic E-state index is -0.250. The van der Waals surface area contributed by atoms with Crippen molar-refractivity contribution in [3.05, 3.63) is 66.2 Å². The highest BCUT2D eigenvalue weighted by Crippen LogP contribution is 2.30. The molecule has 1 aliphatic carbocycles. The zero-order valence-corrected chi connectivity index (χ0v) is 13.6. The van der Waals surface area contributed by atoms with Crippen molar-refractivity contribution >= 4 is 11.5 Å². The first-order chi connectivity index (χ1) is 11.3. The van der Waals surface area contributed by atoms with Crippen molar-refractivity contribution in [3.63, 3.8) is 0 Å². The Bertz CT molecular complexity index is 602. The predicted octanol–water partition coefficient (Wildman–Crippen LogP) is 5.38. The van der Waals surface area contributed by atoms with E-state index in [9.17, 15) is 4.79 Å². The van der Waals surface area contributed by atoms with E-state index in [4.69, 9.17) is 0 Å². The van der Waals surface area contributed by atoms with Gasteiger partial charge in [-0.3, -0.25) is 4.79 Å². The maximum atomic E-state index is 13.0. The molecule has 0 aliphatic heterocycles. The molecule has 2 aromatic carbocycles. The predicted molar refractivity (Wildman–Crippen MR) is 95.4 cm³/mol. The second kappa shape index (κ2) is 7.96. The second-order valence-electron chi connectivity index (χ2n) is 6.53. The summed E-state index contributed by atoms with van der Waals surface area (Å²) in [6.07, 6.45) is 6.99. The zero-order chi connectivity index (χ0) is 15.9. The quantitative estimate of drug-likeness (QED) is 0.776. The van der Waals surface area contributed by atoms with Crippen LogP contribution in [0.2, 0.25) is 0 Å². The van der Waals surface area contributed by atoms with Gasteiger partial charge in [0.1, 0.15) is 6.04 Å². The average molecular weight is 307 g/mol. The van der Waals surface area contributed by atoms with Crippen LogP contribution in [0.15, 0.2) is 60.7 Å². The van der Waals surface area contributed by atoms with Crippen molar-refractivity contribution in [2.45, 2.75) is 44.6 Å². The van der Waals surface area contributed by atoms with Crippen LogP contribution in [0.25, 0.3) is 0 Å². The highest BCUT2D eigenvalue weighted by Gasteiger charge is 2.24. The summed E-state index contributed by atoms with van der Waals surface area (Å²) in [5, 5.41) is 3.44. The molecule has 0 radical (unpaired) electrons. The van der Waals surface area contributed by atoms with E-state index in [-0.39, 0.29) is 6.04 Å². The SMILES string of the molecule is O=C(CC1CCCCC1)C(Nc1ccccc1)c1ccccc1. The molecule has 1 saturated carbocycles. The standard InChI is InChI=1S/C21H25NO/c23-20(16-17-10-4-1-5-11-17)21(18-12-6-2-7-13-18)22-19-14-8-3-9-15-19/h2-3,6-9,12-15,17,21-22H,1,4-5,10-11,16H2. The minimum Gasteiger partial charge on any atom is -0.372 e. The molecule has 1 N–H and O–H groups in total. The molecule has 0 amide bonds. The third-order valence-electron chi connectivity index (χ3n) is 4.75. The lowest BCUT2D eigenvalue weighted by atomic mass is 9.84.